The van der Waals surface area contributed by atoms with Gasteiger partial charge in [-0.05, 0) is 49.7 Å². The molecule has 0 aliphatic rings. The first kappa shape index (κ1) is 18.0. The van der Waals surface area contributed by atoms with Crippen molar-refractivity contribution in [3.05, 3.63) is 59.2 Å². The first-order valence-electron chi connectivity index (χ1n) is 8.17. The highest BCUT2D eigenvalue weighted by Crippen LogP contribution is 2.24. The molecule has 2 rings (SSSR count). The first-order valence-corrected chi connectivity index (χ1v) is 8.17. The second-order valence-corrected chi connectivity index (χ2v) is 6.16. The molecule has 1 N–H and O–H groups in total. The topological polar surface area (TPSA) is 41.6 Å². The lowest BCUT2D eigenvalue weighted by molar-refractivity contribution is -0.116. The van der Waals surface area contributed by atoms with Gasteiger partial charge in [0.05, 0.1) is 7.11 Å². The van der Waals surface area contributed by atoms with Gasteiger partial charge in [0, 0.05) is 25.2 Å². The Morgan fingerprint density at radius 1 is 1.12 bits per heavy atom. The number of rotatable bonds is 7. The number of hydrogen-bond donors (Lipinski definition) is 1. The van der Waals surface area contributed by atoms with E-state index < -0.39 is 0 Å². The minimum Gasteiger partial charge on any atom is -0.496 e. The van der Waals surface area contributed by atoms with Crippen LogP contribution < -0.4 is 10.1 Å². The zero-order valence-electron chi connectivity index (χ0n) is 14.9. The first-order chi connectivity index (χ1) is 11.5. The summed E-state index contributed by atoms with van der Waals surface area (Å²) in [5.41, 5.74) is 4.36. The van der Waals surface area contributed by atoms with E-state index in [4.69, 9.17) is 4.74 Å². The highest BCUT2D eigenvalue weighted by atomic mass is 16.5. The summed E-state index contributed by atoms with van der Waals surface area (Å²) in [5, 5.41) is 2.91. The molecule has 4 nitrogen and oxygen atoms in total. The maximum absolute atomic E-state index is 12.0. The molecule has 0 aromatic heterocycles. The minimum absolute atomic E-state index is 0.0372. The van der Waals surface area contributed by atoms with Gasteiger partial charge in [0.25, 0.3) is 0 Å². The molecule has 0 bridgehead atoms. The smallest absolute Gasteiger partial charge is 0.225 e. The van der Waals surface area contributed by atoms with Crippen molar-refractivity contribution < 1.29 is 9.53 Å². The maximum Gasteiger partial charge on any atom is 0.225 e. The third-order valence-corrected chi connectivity index (χ3v) is 3.95. The van der Waals surface area contributed by atoms with Gasteiger partial charge in [0.1, 0.15) is 5.75 Å². The van der Waals surface area contributed by atoms with Gasteiger partial charge in [-0.15, -0.1) is 0 Å². The van der Waals surface area contributed by atoms with Gasteiger partial charge in [0.2, 0.25) is 5.91 Å². The van der Waals surface area contributed by atoms with E-state index in [9.17, 15) is 4.79 Å². The van der Waals surface area contributed by atoms with Crippen LogP contribution in [-0.2, 0) is 11.3 Å². The number of nitrogens with zero attached hydrogens (tertiary/aromatic N) is 1. The summed E-state index contributed by atoms with van der Waals surface area (Å²) in [6.07, 6.45) is 0.472. The number of ether oxygens (including phenoxy) is 1. The lowest BCUT2D eigenvalue weighted by Crippen LogP contribution is -2.24. The molecule has 2 aromatic rings. The number of aryl methyl sites for hydroxylation is 2. The fraction of sp³-hybridized carbons (Fsp3) is 0.350. The van der Waals surface area contributed by atoms with Gasteiger partial charge < -0.3 is 15.0 Å². The van der Waals surface area contributed by atoms with E-state index in [0.717, 1.165) is 29.1 Å². The molecule has 0 saturated heterocycles. The van der Waals surface area contributed by atoms with Gasteiger partial charge in [-0.1, -0.05) is 30.3 Å². The Morgan fingerprint density at radius 2 is 1.75 bits per heavy atom. The Morgan fingerprint density at radius 3 is 2.33 bits per heavy atom. The standard InChI is InChI=1S/C20H26N2O2/c1-15-12-17(13-16(2)20(15)24-4)14-22(3)11-10-19(23)21-18-8-6-5-7-9-18/h5-9,12-13H,10-11,14H2,1-4H3,(H,21,23). The van der Waals surface area contributed by atoms with Crippen LogP contribution in [0.4, 0.5) is 5.69 Å². The van der Waals surface area contributed by atoms with Gasteiger partial charge in [0.15, 0.2) is 0 Å². The van der Waals surface area contributed by atoms with Crippen LogP contribution in [-0.4, -0.2) is 31.5 Å². The third-order valence-electron chi connectivity index (χ3n) is 3.95. The van der Waals surface area contributed by atoms with Crippen LogP contribution in [0.15, 0.2) is 42.5 Å². The molecule has 0 aliphatic heterocycles. The molecule has 4 heteroatoms. The molecule has 0 fully saturated rings. The summed E-state index contributed by atoms with van der Waals surface area (Å²) < 4.78 is 5.40. The summed E-state index contributed by atoms with van der Waals surface area (Å²) in [6, 6.07) is 13.8. The molecule has 0 heterocycles. The summed E-state index contributed by atoms with van der Waals surface area (Å²) in [6.45, 7) is 5.64. The number of methoxy groups -OCH3 is 1. The highest BCUT2D eigenvalue weighted by molar-refractivity contribution is 5.90. The minimum atomic E-state index is 0.0372. The van der Waals surface area contributed by atoms with E-state index in [1.165, 1.54) is 5.56 Å². The van der Waals surface area contributed by atoms with Crippen LogP contribution in [0.1, 0.15) is 23.1 Å². The molecule has 128 valence electrons. The zero-order chi connectivity index (χ0) is 17.5. The summed E-state index contributed by atoms with van der Waals surface area (Å²) in [7, 11) is 3.73. The number of anilines is 1. The number of benzene rings is 2. The SMILES string of the molecule is COc1c(C)cc(CN(C)CCC(=O)Nc2ccccc2)cc1C. The lowest BCUT2D eigenvalue weighted by atomic mass is 10.1. The van der Waals surface area contributed by atoms with E-state index in [2.05, 4.69) is 36.2 Å². The predicted octanol–water partition coefficient (Wildman–Crippen LogP) is 3.77. The second kappa shape index (κ2) is 8.50. The van der Waals surface area contributed by atoms with Crippen LogP contribution in [0.3, 0.4) is 0 Å². The maximum atomic E-state index is 12.0. The average Bonchev–Trinajstić information content (AvgIpc) is 2.54. The number of carbonyl (C=O) groups is 1. The fourth-order valence-corrected chi connectivity index (χ4v) is 2.88. The molecule has 0 saturated carbocycles. The van der Waals surface area contributed by atoms with Crippen LogP contribution in [0.25, 0.3) is 0 Å². The zero-order valence-corrected chi connectivity index (χ0v) is 14.9. The van der Waals surface area contributed by atoms with Crippen LogP contribution >= 0.6 is 0 Å². The van der Waals surface area contributed by atoms with Crippen molar-refractivity contribution in [2.45, 2.75) is 26.8 Å². The molecule has 0 aliphatic carbocycles. The largest absolute Gasteiger partial charge is 0.496 e. The Hall–Kier alpha value is -2.33. The van der Waals surface area contributed by atoms with Crippen LogP contribution in [0, 0.1) is 13.8 Å². The Kier molecular flexibility index (Phi) is 6.38. The fourth-order valence-electron chi connectivity index (χ4n) is 2.88. The lowest BCUT2D eigenvalue weighted by Gasteiger charge is -2.18. The number of carbonyl (C=O) groups excluding carboxylic acids is 1. The van der Waals surface area contributed by atoms with Crippen molar-refractivity contribution >= 4 is 11.6 Å². The van der Waals surface area contributed by atoms with Crippen molar-refractivity contribution in [1.82, 2.24) is 4.90 Å². The molecule has 1 amide bonds. The molecule has 24 heavy (non-hydrogen) atoms. The normalized spacial score (nSPS) is 10.7. The van der Waals surface area contributed by atoms with Crippen molar-refractivity contribution in [1.29, 1.82) is 0 Å². The monoisotopic (exact) mass is 326 g/mol. The molecular weight excluding hydrogens is 300 g/mol. The second-order valence-electron chi connectivity index (χ2n) is 6.16. The number of hydrogen-bond acceptors (Lipinski definition) is 3. The van der Waals surface area contributed by atoms with Gasteiger partial charge in [-0.3, -0.25) is 4.79 Å². The molecule has 0 atom stereocenters. The van der Waals surface area contributed by atoms with Gasteiger partial charge in [-0.25, -0.2) is 0 Å². The Balaban J connectivity index is 1.85. The van der Waals surface area contributed by atoms with Crippen molar-refractivity contribution in [2.24, 2.45) is 0 Å². The van der Waals surface area contributed by atoms with Crippen molar-refractivity contribution in [3.63, 3.8) is 0 Å². The van der Waals surface area contributed by atoms with E-state index in [1.54, 1.807) is 7.11 Å². The molecule has 0 spiro atoms. The highest BCUT2D eigenvalue weighted by Gasteiger charge is 2.09. The number of amides is 1. The van der Waals surface area contributed by atoms with E-state index in [1.807, 2.05) is 37.4 Å². The summed E-state index contributed by atoms with van der Waals surface area (Å²) in [5.74, 6) is 0.985. The van der Waals surface area contributed by atoms with E-state index >= 15 is 0 Å². The van der Waals surface area contributed by atoms with E-state index in [0.29, 0.717) is 13.0 Å². The Labute approximate surface area is 144 Å². The van der Waals surface area contributed by atoms with Crippen LogP contribution in [0.5, 0.6) is 5.75 Å². The Bertz CT molecular complexity index is 660. The number of nitrogens with one attached hydrogen (secondary N) is 1. The summed E-state index contributed by atoms with van der Waals surface area (Å²) in [4.78, 5) is 14.2. The molecular formula is C20H26N2O2. The predicted molar refractivity (Wildman–Crippen MR) is 98.5 cm³/mol. The quantitative estimate of drug-likeness (QED) is 0.842. The van der Waals surface area contributed by atoms with Crippen molar-refractivity contribution in [2.75, 3.05) is 26.0 Å². The van der Waals surface area contributed by atoms with Crippen LogP contribution in [0.2, 0.25) is 0 Å². The molecule has 2 aromatic carbocycles. The van der Waals surface area contributed by atoms with Gasteiger partial charge >= 0.3 is 0 Å². The third kappa shape index (κ3) is 5.10. The average molecular weight is 326 g/mol. The van der Waals surface area contributed by atoms with Gasteiger partial charge in [-0.2, -0.15) is 0 Å². The number of para-hydroxylation sites is 1. The summed E-state index contributed by atoms with van der Waals surface area (Å²) >= 11 is 0. The molecule has 0 radical (unpaired) electrons. The molecule has 0 unspecified atom stereocenters. The van der Waals surface area contributed by atoms with Crippen molar-refractivity contribution in [3.8, 4) is 5.75 Å². The van der Waals surface area contributed by atoms with E-state index in [-0.39, 0.29) is 5.91 Å².